The molecule has 0 fully saturated rings. The molecule has 0 aliphatic carbocycles. The molecular formula is C18H17N3O4S2. The highest BCUT2D eigenvalue weighted by Crippen LogP contribution is 2.24. The van der Waals surface area contributed by atoms with Crippen LogP contribution in [-0.2, 0) is 11.8 Å². The number of nitrogens with zero attached hydrogens (tertiary/aromatic N) is 2. The van der Waals surface area contributed by atoms with E-state index in [-0.39, 0.29) is 17.1 Å². The monoisotopic (exact) mass is 403 g/mol. The third-order valence-corrected chi connectivity index (χ3v) is 5.78. The van der Waals surface area contributed by atoms with Crippen molar-refractivity contribution in [3.05, 3.63) is 51.1 Å². The number of rotatable bonds is 5. The maximum atomic E-state index is 12.5. The van der Waals surface area contributed by atoms with Crippen LogP contribution in [0.2, 0.25) is 0 Å². The Morgan fingerprint density at radius 2 is 2.11 bits per heavy atom. The number of hydrogen-bond donors (Lipinski definition) is 1. The Morgan fingerprint density at radius 1 is 1.33 bits per heavy atom. The van der Waals surface area contributed by atoms with Crippen molar-refractivity contribution in [2.45, 2.75) is 12.1 Å². The minimum Gasteiger partial charge on any atom is -0.453 e. The molecular weight excluding hydrogens is 386 g/mol. The lowest BCUT2D eigenvalue weighted by Crippen LogP contribution is -2.19. The number of hydrogen-bond acceptors (Lipinski definition) is 7. The van der Waals surface area contributed by atoms with Gasteiger partial charge in [0.25, 0.3) is 5.56 Å². The standard InChI is InChI=1S/C18H17N3O4S2/c1-10-7-13-15(27-10)20-17(21(2)16(13)23)26-9-14(22)11-5-4-6-12(8-11)19-18(24)25-3/h4-8H,9H2,1-3H3,(H,19,24). The summed E-state index contributed by atoms with van der Waals surface area (Å²) in [6.07, 6.45) is -0.604. The molecule has 0 spiro atoms. The van der Waals surface area contributed by atoms with Crippen molar-refractivity contribution in [3.63, 3.8) is 0 Å². The van der Waals surface area contributed by atoms with E-state index in [9.17, 15) is 14.4 Å². The molecule has 2 heterocycles. The van der Waals surface area contributed by atoms with Crippen LogP contribution in [0.1, 0.15) is 15.2 Å². The third-order valence-electron chi connectivity index (χ3n) is 3.80. The first-order chi connectivity index (χ1) is 12.9. The number of carbonyl (C=O) groups is 2. The fraction of sp³-hybridized carbons (Fsp3) is 0.222. The largest absolute Gasteiger partial charge is 0.453 e. The average molecular weight is 403 g/mol. The number of fused-ring (bicyclic) bond motifs is 1. The van der Waals surface area contributed by atoms with Crippen molar-refractivity contribution in [1.82, 2.24) is 9.55 Å². The lowest BCUT2D eigenvalue weighted by molar-refractivity contribution is 0.102. The summed E-state index contributed by atoms with van der Waals surface area (Å²) >= 11 is 2.66. The molecule has 7 nitrogen and oxygen atoms in total. The van der Waals surface area contributed by atoms with Crippen molar-refractivity contribution in [3.8, 4) is 0 Å². The molecule has 0 saturated heterocycles. The quantitative estimate of drug-likeness (QED) is 0.399. The minimum absolute atomic E-state index is 0.122. The molecule has 0 aliphatic rings. The van der Waals surface area contributed by atoms with Crippen LogP contribution in [0.3, 0.4) is 0 Å². The van der Waals surface area contributed by atoms with Gasteiger partial charge in [0, 0.05) is 23.2 Å². The van der Waals surface area contributed by atoms with Crippen molar-refractivity contribution in [2.75, 3.05) is 18.2 Å². The number of carbonyl (C=O) groups excluding carboxylic acids is 2. The molecule has 1 N–H and O–H groups in total. The first-order valence-corrected chi connectivity index (χ1v) is 9.77. The zero-order valence-electron chi connectivity index (χ0n) is 14.9. The number of thiophene rings is 1. The van der Waals surface area contributed by atoms with Crippen LogP contribution in [0, 0.1) is 6.92 Å². The number of methoxy groups -OCH3 is 1. The molecule has 0 bridgehead atoms. The number of anilines is 1. The van der Waals surface area contributed by atoms with Gasteiger partial charge in [-0.2, -0.15) is 0 Å². The first-order valence-electron chi connectivity index (χ1n) is 7.97. The lowest BCUT2D eigenvalue weighted by atomic mass is 10.1. The molecule has 140 valence electrons. The van der Waals surface area contributed by atoms with E-state index in [2.05, 4.69) is 15.0 Å². The van der Waals surface area contributed by atoms with Crippen molar-refractivity contribution < 1.29 is 14.3 Å². The van der Waals surface area contributed by atoms with Crippen LogP contribution in [0.25, 0.3) is 10.2 Å². The van der Waals surface area contributed by atoms with Crippen LogP contribution in [-0.4, -0.2) is 34.3 Å². The first kappa shape index (κ1) is 19.1. The second-order valence-electron chi connectivity index (χ2n) is 5.74. The average Bonchev–Trinajstić information content (AvgIpc) is 3.03. The highest BCUT2D eigenvalue weighted by atomic mass is 32.2. The number of aryl methyl sites for hydroxylation is 1. The molecule has 0 atom stereocenters. The van der Waals surface area contributed by atoms with E-state index in [0.29, 0.717) is 26.6 Å². The van der Waals surface area contributed by atoms with Gasteiger partial charge in [-0.1, -0.05) is 23.9 Å². The molecule has 1 amide bonds. The van der Waals surface area contributed by atoms with Gasteiger partial charge in [0.15, 0.2) is 10.9 Å². The number of benzene rings is 1. The molecule has 0 aliphatic heterocycles. The number of ketones is 1. The van der Waals surface area contributed by atoms with Gasteiger partial charge >= 0.3 is 6.09 Å². The predicted molar refractivity (Wildman–Crippen MR) is 107 cm³/mol. The van der Waals surface area contributed by atoms with E-state index < -0.39 is 6.09 Å². The number of thioether (sulfide) groups is 1. The third kappa shape index (κ3) is 4.20. The Hall–Kier alpha value is -2.65. The Morgan fingerprint density at radius 3 is 2.85 bits per heavy atom. The molecule has 9 heteroatoms. The number of nitrogens with one attached hydrogen (secondary N) is 1. The maximum Gasteiger partial charge on any atom is 0.411 e. The van der Waals surface area contributed by atoms with Crippen LogP contribution < -0.4 is 10.9 Å². The van der Waals surface area contributed by atoms with E-state index in [1.165, 1.54) is 34.8 Å². The van der Waals surface area contributed by atoms with E-state index in [0.717, 1.165) is 4.88 Å². The summed E-state index contributed by atoms with van der Waals surface area (Å²) in [6, 6.07) is 8.42. The Kier molecular flexibility index (Phi) is 5.62. The van der Waals surface area contributed by atoms with Gasteiger partial charge in [0.05, 0.1) is 18.2 Å². The molecule has 0 saturated carbocycles. The molecule has 27 heavy (non-hydrogen) atoms. The number of aromatic nitrogens is 2. The topological polar surface area (TPSA) is 90.3 Å². The van der Waals surface area contributed by atoms with Gasteiger partial charge in [0.1, 0.15) is 4.83 Å². The highest BCUT2D eigenvalue weighted by molar-refractivity contribution is 7.99. The molecule has 3 rings (SSSR count). The van der Waals surface area contributed by atoms with Gasteiger partial charge in [-0.3, -0.25) is 19.5 Å². The highest BCUT2D eigenvalue weighted by Gasteiger charge is 2.14. The van der Waals surface area contributed by atoms with Gasteiger partial charge in [-0.25, -0.2) is 9.78 Å². The number of Topliss-reactive ketones (excluding diaryl/α,β-unsaturated/α-hetero) is 1. The summed E-state index contributed by atoms with van der Waals surface area (Å²) in [6.45, 7) is 1.93. The Balaban J connectivity index is 1.77. The Bertz CT molecular complexity index is 1090. The van der Waals surface area contributed by atoms with E-state index in [1.54, 1.807) is 31.3 Å². The molecule has 0 unspecified atom stereocenters. The minimum atomic E-state index is -0.604. The molecule has 3 aromatic rings. The predicted octanol–water partition coefficient (Wildman–Crippen LogP) is 3.46. The summed E-state index contributed by atoms with van der Waals surface area (Å²) in [5.74, 6) is -0.0112. The van der Waals surface area contributed by atoms with Crippen LogP contribution in [0.15, 0.2) is 40.3 Å². The van der Waals surface area contributed by atoms with Gasteiger partial charge in [-0.15, -0.1) is 11.3 Å². The molecule has 1 aromatic carbocycles. The summed E-state index contributed by atoms with van der Waals surface area (Å²) in [4.78, 5) is 42.4. The number of ether oxygens (including phenoxy) is 1. The smallest absolute Gasteiger partial charge is 0.411 e. The second-order valence-corrected chi connectivity index (χ2v) is 7.92. The van der Waals surface area contributed by atoms with Crippen LogP contribution >= 0.6 is 23.1 Å². The van der Waals surface area contributed by atoms with Gasteiger partial charge < -0.3 is 4.74 Å². The number of amides is 1. The normalized spacial score (nSPS) is 10.8. The van der Waals surface area contributed by atoms with Crippen molar-refractivity contribution in [2.24, 2.45) is 7.05 Å². The zero-order valence-corrected chi connectivity index (χ0v) is 16.6. The summed E-state index contributed by atoms with van der Waals surface area (Å²) in [5.41, 5.74) is 0.803. The SMILES string of the molecule is COC(=O)Nc1cccc(C(=O)CSc2nc3sc(C)cc3c(=O)n2C)c1. The van der Waals surface area contributed by atoms with E-state index in [4.69, 9.17) is 0 Å². The molecule has 2 aromatic heterocycles. The van der Waals surface area contributed by atoms with Crippen molar-refractivity contribution >= 4 is 50.9 Å². The maximum absolute atomic E-state index is 12.5. The van der Waals surface area contributed by atoms with Crippen LogP contribution in [0.4, 0.5) is 10.5 Å². The van der Waals surface area contributed by atoms with Crippen molar-refractivity contribution in [1.29, 1.82) is 0 Å². The zero-order chi connectivity index (χ0) is 19.6. The van der Waals surface area contributed by atoms with E-state index in [1.807, 2.05) is 13.0 Å². The lowest BCUT2D eigenvalue weighted by Gasteiger charge is -2.08. The Labute approximate surface area is 163 Å². The van der Waals surface area contributed by atoms with Crippen LogP contribution in [0.5, 0.6) is 0 Å². The fourth-order valence-corrected chi connectivity index (χ4v) is 4.24. The van der Waals surface area contributed by atoms with Gasteiger partial charge in [0.2, 0.25) is 0 Å². The van der Waals surface area contributed by atoms with Gasteiger partial charge in [-0.05, 0) is 25.1 Å². The second kappa shape index (κ2) is 7.93. The molecule has 0 radical (unpaired) electrons. The summed E-state index contributed by atoms with van der Waals surface area (Å²) < 4.78 is 6.00. The van der Waals surface area contributed by atoms with E-state index >= 15 is 0 Å². The summed E-state index contributed by atoms with van der Waals surface area (Å²) in [7, 11) is 2.92. The summed E-state index contributed by atoms with van der Waals surface area (Å²) in [5, 5.41) is 3.61. The fourth-order valence-electron chi connectivity index (χ4n) is 2.45.